The quantitative estimate of drug-likeness (QED) is 0.727. The van der Waals surface area contributed by atoms with E-state index < -0.39 is 0 Å². The summed E-state index contributed by atoms with van der Waals surface area (Å²) in [7, 11) is 0. The molecule has 0 saturated carbocycles. The maximum absolute atomic E-state index is 5.65. The van der Waals surface area contributed by atoms with Crippen molar-refractivity contribution in [1.29, 1.82) is 0 Å². The Balaban J connectivity index is 1.82. The van der Waals surface area contributed by atoms with E-state index in [-0.39, 0.29) is 0 Å². The van der Waals surface area contributed by atoms with E-state index in [4.69, 9.17) is 10.3 Å². The molecule has 0 amide bonds. The predicted octanol–water partition coefficient (Wildman–Crippen LogP) is 2.91. The summed E-state index contributed by atoms with van der Waals surface area (Å²) in [6.07, 6.45) is 0.666. The number of rotatable bonds is 3. The molecule has 0 bridgehead atoms. The van der Waals surface area contributed by atoms with Gasteiger partial charge in [0.25, 0.3) is 5.89 Å². The first-order valence-electron chi connectivity index (χ1n) is 6.04. The highest BCUT2D eigenvalue weighted by atomic mass is 16.5. The lowest BCUT2D eigenvalue weighted by atomic mass is 10.1. The highest BCUT2D eigenvalue weighted by Gasteiger charge is 2.08. The third-order valence-electron chi connectivity index (χ3n) is 2.83. The minimum atomic E-state index is 0.519. The number of benzene rings is 2. The largest absolute Gasteiger partial charge is 0.399 e. The van der Waals surface area contributed by atoms with E-state index in [0.29, 0.717) is 23.8 Å². The van der Waals surface area contributed by atoms with Crippen LogP contribution in [-0.2, 0) is 6.42 Å². The summed E-state index contributed by atoms with van der Waals surface area (Å²) in [6.45, 7) is 0. The van der Waals surface area contributed by atoms with E-state index >= 15 is 0 Å². The van der Waals surface area contributed by atoms with Crippen molar-refractivity contribution in [1.82, 2.24) is 10.1 Å². The Labute approximate surface area is 110 Å². The fourth-order valence-corrected chi connectivity index (χ4v) is 1.85. The Morgan fingerprint density at radius 1 is 0.947 bits per heavy atom. The maximum atomic E-state index is 5.65. The monoisotopic (exact) mass is 251 g/mol. The molecule has 2 aromatic carbocycles. The summed E-state index contributed by atoms with van der Waals surface area (Å²) in [5.74, 6) is 1.20. The van der Waals surface area contributed by atoms with Crippen molar-refractivity contribution in [2.24, 2.45) is 0 Å². The van der Waals surface area contributed by atoms with Gasteiger partial charge in [-0.25, -0.2) is 0 Å². The topological polar surface area (TPSA) is 64.9 Å². The number of nitrogens with two attached hydrogens (primary N) is 1. The number of hydrogen-bond donors (Lipinski definition) is 1. The molecule has 2 N–H and O–H groups in total. The van der Waals surface area contributed by atoms with Gasteiger partial charge in [0.15, 0.2) is 5.82 Å². The molecule has 19 heavy (non-hydrogen) atoms. The number of hydrogen-bond acceptors (Lipinski definition) is 4. The minimum absolute atomic E-state index is 0.519. The summed E-state index contributed by atoms with van der Waals surface area (Å²) in [5.41, 5.74) is 8.40. The Bertz CT molecular complexity index is 659. The zero-order valence-corrected chi connectivity index (χ0v) is 10.3. The van der Waals surface area contributed by atoms with Gasteiger partial charge in [0.2, 0.25) is 0 Å². The van der Waals surface area contributed by atoms with Crippen LogP contribution in [0.1, 0.15) is 11.4 Å². The molecule has 94 valence electrons. The first-order valence-corrected chi connectivity index (χ1v) is 6.04. The molecule has 0 unspecified atom stereocenters. The summed E-state index contributed by atoms with van der Waals surface area (Å²) in [5, 5.41) is 3.99. The van der Waals surface area contributed by atoms with Gasteiger partial charge in [-0.2, -0.15) is 4.98 Å². The number of nitrogens with zero attached hydrogens (tertiary/aromatic N) is 2. The Kier molecular flexibility index (Phi) is 2.98. The van der Waals surface area contributed by atoms with E-state index in [1.54, 1.807) is 0 Å². The van der Waals surface area contributed by atoms with Crippen molar-refractivity contribution >= 4 is 5.69 Å². The molecular formula is C15H13N3O. The molecule has 0 fully saturated rings. The van der Waals surface area contributed by atoms with Crippen LogP contribution in [0.25, 0.3) is 11.5 Å². The summed E-state index contributed by atoms with van der Waals surface area (Å²) in [4.78, 5) is 4.39. The van der Waals surface area contributed by atoms with Crippen molar-refractivity contribution in [3.05, 3.63) is 66.0 Å². The van der Waals surface area contributed by atoms with Crippen molar-refractivity contribution in [3.8, 4) is 11.5 Å². The van der Waals surface area contributed by atoms with Crippen molar-refractivity contribution < 1.29 is 4.52 Å². The highest BCUT2D eigenvalue weighted by Crippen LogP contribution is 2.19. The smallest absolute Gasteiger partial charge is 0.257 e. The third-order valence-corrected chi connectivity index (χ3v) is 2.83. The molecule has 0 spiro atoms. The van der Waals surface area contributed by atoms with Gasteiger partial charge in [0.05, 0.1) is 0 Å². The van der Waals surface area contributed by atoms with E-state index in [0.717, 1.165) is 11.1 Å². The van der Waals surface area contributed by atoms with Crippen molar-refractivity contribution in [2.75, 3.05) is 5.73 Å². The fourth-order valence-electron chi connectivity index (χ4n) is 1.85. The van der Waals surface area contributed by atoms with Crippen LogP contribution in [0, 0.1) is 0 Å². The predicted molar refractivity (Wildman–Crippen MR) is 73.4 cm³/mol. The first kappa shape index (κ1) is 11.5. The molecule has 0 aliphatic heterocycles. The second kappa shape index (κ2) is 4.94. The zero-order valence-electron chi connectivity index (χ0n) is 10.3. The van der Waals surface area contributed by atoms with Gasteiger partial charge >= 0.3 is 0 Å². The average Bonchev–Trinajstić information content (AvgIpc) is 2.89. The molecule has 0 aliphatic carbocycles. The standard InChI is InChI=1S/C15H13N3O/c16-13-8-6-12(7-9-13)15-17-14(18-19-15)10-11-4-2-1-3-5-11/h1-9H,10,16H2. The molecule has 1 aromatic heterocycles. The van der Waals surface area contributed by atoms with Gasteiger partial charge in [0.1, 0.15) is 0 Å². The molecule has 0 radical (unpaired) electrons. The summed E-state index contributed by atoms with van der Waals surface area (Å²) >= 11 is 0. The third kappa shape index (κ3) is 2.63. The molecule has 3 rings (SSSR count). The average molecular weight is 251 g/mol. The van der Waals surface area contributed by atoms with Crippen LogP contribution in [-0.4, -0.2) is 10.1 Å². The van der Waals surface area contributed by atoms with Gasteiger partial charge in [0, 0.05) is 17.7 Å². The number of anilines is 1. The Morgan fingerprint density at radius 3 is 2.42 bits per heavy atom. The maximum Gasteiger partial charge on any atom is 0.257 e. The lowest BCUT2D eigenvalue weighted by molar-refractivity contribution is 0.424. The number of nitrogen functional groups attached to an aromatic ring is 1. The van der Waals surface area contributed by atoms with Crippen molar-refractivity contribution in [2.45, 2.75) is 6.42 Å². The zero-order chi connectivity index (χ0) is 13.1. The van der Waals surface area contributed by atoms with Gasteiger partial charge in [-0.15, -0.1) is 0 Å². The first-order chi connectivity index (χ1) is 9.31. The van der Waals surface area contributed by atoms with E-state index in [9.17, 15) is 0 Å². The van der Waals surface area contributed by atoms with Crippen LogP contribution < -0.4 is 5.73 Å². The Hall–Kier alpha value is -2.62. The van der Waals surface area contributed by atoms with Crippen LogP contribution in [0.4, 0.5) is 5.69 Å². The summed E-state index contributed by atoms with van der Waals surface area (Å²) < 4.78 is 5.26. The molecular weight excluding hydrogens is 238 g/mol. The molecule has 0 saturated heterocycles. The van der Waals surface area contributed by atoms with Crippen LogP contribution in [0.5, 0.6) is 0 Å². The minimum Gasteiger partial charge on any atom is -0.399 e. The number of aromatic nitrogens is 2. The SMILES string of the molecule is Nc1ccc(-c2nc(Cc3ccccc3)no2)cc1. The van der Waals surface area contributed by atoms with E-state index in [1.165, 1.54) is 0 Å². The van der Waals surface area contributed by atoms with Crippen LogP contribution in [0.2, 0.25) is 0 Å². The van der Waals surface area contributed by atoms with Crippen LogP contribution in [0.15, 0.2) is 59.1 Å². The Morgan fingerprint density at radius 2 is 1.68 bits per heavy atom. The van der Waals surface area contributed by atoms with Crippen LogP contribution in [0.3, 0.4) is 0 Å². The lowest BCUT2D eigenvalue weighted by Crippen LogP contribution is -1.90. The normalized spacial score (nSPS) is 10.5. The van der Waals surface area contributed by atoms with Crippen molar-refractivity contribution in [3.63, 3.8) is 0 Å². The van der Waals surface area contributed by atoms with Gasteiger partial charge in [-0.05, 0) is 29.8 Å². The molecule has 3 aromatic rings. The van der Waals surface area contributed by atoms with Gasteiger partial charge in [-0.1, -0.05) is 35.5 Å². The second-order valence-corrected chi connectivity index (χ2v) is 4.30. The molecule has 4 nitrogen and oxygen atoms in total. The lowest BCUT2D eigenvalue weighted by Gasteiger charge is -1.95. The van der Waals surface area contributed by atoms with E-state index in [1.807, 2.05) is 54.6 Å². The molecule has 0 aliphatic rings. The highest BCUT2D eigenvalue weighted by molar-refractivity contribution is 5.56. The molecule has 1 heterocycles. The molecule has 4 heteroatoms. The second-order valence-electron chi connectivity index (χ2n) is 4.30. The molecule has 0 atom stereocenters. The van der Waals surface area contributed by atoms with Gasteiger partial charge < -0.3 is 10.3 Å². The van der Waals surface area contributed by atoms with Gasteiger partial charge in [-0.3, -0.25) is 0 Å². The fraction of sp³-hybridized carbons (Fsp3) is 0.0667. The van der Waals surface area contributed by atoms with E-state index in [2.05, 4.69) is 10.1 Å². The van der Waals surface area contributed by atoms with Crippen LogP contribution >= 0.6 is 0 Å². The summed E-state index contributed by atoms with van der Waals surface area (Å²) in [6, 6.07) is 17.4.